The molecule has 0 saturated carbocycles. The molecular formula is C26H23F3O. The van der Waals surface area contributed by atoms with Gasteiger partial charge in [0.25, 0.3) is 0 Å². The largest absolute Gasteiger partial charge is 0.490 e. The molecule has 0 amide bonds. The fourth-order valence-corrected chi connectivity index (χ4v) is 3.12. The molecule has 0 saturated heterocycles. The molecule has 0 bridgehead atoms. The smallest absolute Gasteiger partial charge is 0.166 e. The molecule has 3 aromatic rings. The number of hydrogen-bond donors (Lipinski definition) is 0. The summed E-state index contributed by atoms with van der Waals surface area (Å²) in [6.07, 6.45) is 6.66. The summed E-state index contributed by atoms with van der Waals surface area (Å²) in [5, 5.41) is 0.902. The second kappa shape index (κ2) is 9.97. The van der Waals surface area contributed by atoms with Gasteiger partial charge in [-0.2, -0.15) is 0 Å². The molecule has 0 fully saturated rings. The monoisotopic (exact) mass is 408 g/mol. The molecule has 0 heterocycles. The van der Waals surface area contributed by atoms with Gasteiger partial charge in [-0.25, -0.2) is 13.2 Å². The first-order valence-corrected chi connectivity index (χ1v) is 9.77. The first-order chi connectivity index (χ1) is 14.5. The molecule has 0 unspecified atom stereocenters. The average molecular weight is 408 g/mol. The number of rotatable bonds is 8. The molecule has 0 N–H and O–H groups in total. The Labute approximate surface area is 174 Å². The number of allylic oxidation sites excluding steroid dienone is 2. The maximum Gasteiger partial charge on any atom is 0.166 e. The molecule has 1 nitrogen and oxygen atoms in total. The fraction of sp³-hybridized carbons (Fsp3) is 0.154. The maximum absolute atomic E-state index is 14.8. The highest BCUT2D eigenvalue weighted by Gasteiger charge is 2.14. The van der Waals surface area contributed by atoms with E-state index in [0.29, 0.717) is 41.5 Å². The van der Waals surface area contributed by atoms with E-state index in [4.69, 9.17) is 4.74 Å². The van der Waals surface area contributed by atoms with Crippen LogP contribution in [0.3, 0.4) is 0 Å². The lowest BCUT2D eigenvalue weighted by molar-refractivity contribution is 0.362. The first-order valence-electron chi connectivity index (χ1n) is 9.77. The number of benzene rings is 3. The topological polar surface area (TPSA) is 9.23 Å². The quantitative estimate of drug-likeness (QED) is 0.273. The summed E-state index contributed by atoms with van der Waals surface area (Å²) in [6, 6.07) is 13.9. The zero-order valence-corrected chi connectivity index (χ0v) is 16.8. The Bertz CT molecular complexity index is 1100. The minimum Gasteiger partial charge on any atom is -0.490 e. The molecule has 0 aliphatic carbocycles. The molecule has 3 rings (SSSR count). The SMILES string of the molecule is C=CCCc1ccc2cc(C(F)=C(F)c3ccc(OCC=CC)cc3)ccc2c1F. The number of halogens is 3. The normalized spacial score (nSPS) is 12.3. The second-order valence-electron chi connectivity index (χ2n) is 6.83. The third-order valence-corrected chi connectivity index (χ3v) is 4.79. The molecule has 3 aromatic carbocycles. The van der Waals surface area contributed by atoms with Crippen LogP contribution in [0.1, 0.15) is 30.0 Å². The maximum atomic E-state index is 14.8. The molecule has 30 heavy (non-hydrogen) atoms. The van der Waals surface area contributed by atoms with E-state index >= 15 is 0 Å². The molecule has 0 atom stereocenters. The van der Waals surface area contributed by atoms with Crippen LogP contribution < -0.4 is 4.74 Å². The lowest BCUT2D eigenvalue weighted by Gasteiger charge is -2.08. The van der Waals surface area contributed by atoms with Crippen LogP contribution in [-0.4, -0.2) is 6.61 Å². The van der Waals surface area contributed by atoms with Crippen molar-refractivity contribution in [1.82, 2.24) is 0 Å². The molecule has 0 aliphatic rings. The van der Waals surface area contributed by atoms with Crippen LogP contribution in [0.25, 0.3) is 22.4 Å². The second-order valence-corrected chi connectivity index (χ2v) is 6.83. The van der Waals surface area contributed by atoms with Gasteiger partial charge in [0.1, 0.15) is 18.2 Å². The van der Waals surface area contributed by atoms with Crippen LogP contribution in [0.4, 0.5) is 13.2 Å². The molecular weight excluding hydrogens is 385 g/mol. The van der Waals surface area contributed by atoms with Crippen molar-refractivity contribution < 1.29 is 17.9 Å². The van der Waals surface area contributed by atoms with Gasteiger partial charge in [0.2, 0.25) is 0 Å². The van der Waals surface area contributed by atoms with Crippen LogP contribution in [0.15, 0.2) is 79.4 Å². The van der Waals surface area contributed by atoms with E-state index in [-0.39, 0.29) is 16.9 Å². The average Bonchev–Trinajstić information content (AvgIpc) is 2.78. The summed E-state index contributed by atoms with van der Waals surface area (Å²) in [5.74, 6) is -1.73. The predicted molar refractivity (Wildman–Crippen MR) is 118 cm³/mol. The van der Waals surface area contributed by atoms with E-state index in [1.54, 1.807) is 30.3 Å². The number of ether oxygens (including phenoxy) is 1. The van der Waals surface area contributed by atoms with Crippen molar-refractivity contribution in [3.8, 4) is 5.75 Å². The Morgan fingerprint density at radius 2 is 1.67 bits per heavy atom. The van der Waals surface area contributed by atoms with E-state index in [2.05, 4.69) is 6.58 Å². The summed E-state index contributed by atoms with van der Waals surface area (Å²) < 4.78 is 49.6. The number of fused-ring (bicyclic) bond motifs is 1. The Morgan fingerprint density at radius 1 is 0.967 bits per heavy atom. The molecule has 0 aliphatic heterocycles. The van der Waals surface area contributed by atoms with Crippen molar-refractivity contribution in [3.63, 3.8) is 0 Å². The Morgan fingerprint density at radius 3 is 2.37 bits per heavy atom. The summed E-state index contributed by atoms with van der Waals surface area (Å²) in [7, 11) is 0. The Balaban J connectivity index is 1.88. The summed E-state index contributed by atoms with van der Waals surface area (Å²) in [6.45, 7) is 5.94. The van der Waals surface area contributed by atoms with Crippen molar-refractivity contribution in [2.45, 2.75) is 19.8 Å². The van der Waals surface area contributed by atoms with Crippen molar-refractivity contribution in [2.24, 2.45) is 0 Å². The van der Waals surface area contributed by atoms with E-state index in [0.717, 1.165) is 0 Å². The molecule has 154 valence electrons. The minimum absolute atomic E-state index is 0.0617. The Kier molecular flexibility index (Phi) is 7.12. The zero-order chi connectivity index (χ0) is 21.5. The van der Waals surface area contributed by atoms with E-state index in [1.165, 1.54) is 30.3 Å². The highest BCUT2D eigenvalue weighted by atomic mass is 19.2. The van der Waals surface area contributed by atoms with Crippen LogP contribution >= 0.6 is 0 Å². The standard InChI is InChI=1S/C26H23F3O/c1-3-5-7-18-8-9-20-17-21(12-15-23(20)24(18)27)26(29)25(28)19-10-13-22(14-11-19)30-16-6-4-2/h3-4,6,8-15,17H,1,5,7,16H2,2H3. The molecule has 0 aromatic heterocycles. The third kappa shape index (κ3) is 4.82. The van der Waals surface area contributed by atoms with E-state index in [9.17, 15) is 13.2 Å². The summed E-state index contributed by atoms with van der Waals surface area (Å²) >= 11 is 0. The van der Waals surface area contributed by atoms with Gasteiger partial charge < -0.3 is 4.74 Å². The van der Waals surface area contributed by atoms with Crippen molar-refractivity contribution in [3.05, 3.63) is 102 Å². The molecule has 0 spiro atoms. The van der Waals surface area contributed by atoms with Crippen LogP contribution in [0.2, 0.25) is 0 Å². The highest BCUT2D eigenvalue weighted by Crippen LogP contribution is 2.32. The van der Waals surface area contributed by atoms with Crippen LogP contribution in [0, 0.1) is 5.82 Å². The van der Waals surface area contributed by atoms with E-state index < -0.39 is 11.7 Å². The van der Waals surface area contributed by atoms with Gasteiger partial charge in [-0.15, -0.1) is 6.58 Å². The van der Waals surface area contributed by atoms with Crippen molar-refractivity contribution >= 4 is 22.4 Å². The van der Waals surface area contributed by atoms with Gasteiger partial charge >= 0.3 is 0 Å². The summed E-state index contributed by atoms with van der Waals surface area (Å²) in [5.41, 5.74) is 0.748. The van der Waals surface area contributed by atoms with Crippen molar-refractivity contribution in [2.75, 3.05) is 6.61 Å². The van der Waals surface area contributed by atoms with Crippen LogP contribution in [-0.2, 0) is 6.42 Å². The van der Waals surface area contributed by atoms with Gasteiger partial charge in [-0.05, 0) is 61.0 Å². The first kappa shape index (κ1) is 21.4. The van der Waals surface area contributed by atoms with Gasteiger partial charge in [0.15, 0.2) is 11.7 Å². The predicted octanol–water partition coefficient (Wildman–Crippen LogP) is 7.82. The minimum atomic E-state index is -0.990. The number of hydrogen-bond acceptors (Lipinski definition) is 1. The van der Waals surface area contributed by atoms with Gasteiger partial charge in [-0.3, -0.25) is 0 Å². The number of aryl methyl sites for hydroxylation is 1. The van der Waals surface area contributed by atoms with Gasteiger partial charge in [0, 0.05) is 16.5 Å². The van der Waals surface area contributed by atoms with Gasteiger partial charge in [-0.1, -0.05) is 42.5 Å². The Hall–Kier alpha value is -3.27. The fourth-order valence-electron chi connectivity index (χ4n) is 3.12. The third-order valence-electron chi connectivity index (χ3n) is 4.79. The highest BCUT2D eigenvalue weighted by molar-refractivity contribution is 5.90. The van der Waals surface area contributed by atoms with Crippen LogP contribution in [0.5, 0.6) is 5.75 Å². The summed E-state index contributed by atoms with van der Waals surface area (Å²) in [4.78, 5) is 0. The van der Waals surface area contributed by atoms with Gasteiger partial charge in [0.05, 0.1) is 0 Å². The zero-order valence-electron chi connectivity index (χ0n) is 16.8. The molecule has 0 radical (unpaired) electrons. The lowest BCUT2D eigenvalue weighted by Crippen LogP contribution is -1.93. The lowest BCUT2D eigenvalue weighted by atomic mass is 10.00. The molecule has 4 heteroatoms. The van der Waals surface area contributed by atoms with E-state index in [1.807, 2.05) is 19.1 Å². The van der Waals surface area contributed by atoms with Crippen molar-refractivity contribution in [1.29, 1.82) is 0 Å².